The Balaban J connectivity index is 1.14. The number of fused-ring (bicyclic) bond motifs is 7. The summed E-state index contributed by atoms with van der Waals surface area (Å²) in [6.07, 6.45) is 0. The lowest BCUT2D eigenvalue weighted by Crippen LogP contribution is -2.61. The highest BCUT2D eigenvalue weighted by Gasteiger charge is 2.44. The molecule has 0 bridgehead atoms. The number of hydrogen-bond acceptors (Lipinski definition) is 2. The van der Waals surface area contributed by atoms with Crippen molar-refractivity contribution in [2.24, 2.45) is 0 Å². The number of anilines is 6. The van der Waals surface area contributed by atoms with E-state index in [1.807, 2.05) is 0 Å². The molecule has 0 saturated carbocycles. The minimum Gasteiger partial charge on any atom is -0.311 e. The van der Waals surface area contributed by atoms with Gasteiger partial charge in [0, 0.05) is 39.5 Å². The molecule has 1 aliphatic carbocycles. The van der Waals surface area contributed by atoms with Crippen LogP contribution in [0.2, 0.25) is 0 Å². The lowest BCUT2D eigenvalue weighted by molar-refractivity contribution is 0.584. The van der Waals surface area contributed by atoms with Crippen molar-refractivity contribution in [2.45, 2.75) is 131 Å². The van der Waals surface area contributed by atoms with E-state index in [1.54, 1.807) is 0 Å². The summed E-state index contributed by atoms with van der Waals surface area (Å²) in [7, 11) is 0. The van der Waals surface area contributed by atoms with Gasteiger partial charge in [-0.15, -0.1) is 0 Å². The molecule has 0 spiro atoms. The number of nitrogens with zero attached hydrogens (tertiary/aromatic N) is 2. The van der Waals surface area contributed by atoms with Crippen molar-refractivity contribution in [1.82, 2.24) is 0 Å². The molecule has 3 aliphatic rings. The first-order valence-electron chi connectivity index (χ1n) is 24.0. The molecular formula is C62H67BN2. The van der Waals surface area contributed by atoms with Gasteiger partial charge in [-0.3, -0.25) is 0 Å². The van der Waals surface area contributed by atoms with Crippen LogP contribution >= 0.6 is 0 Å². The third-order valence-corrected chi connectivity index (χ3v) is 14.9. The van der Waals surface area contributed by atoms with Gasteiger partial charge < -0.3 is 9.80 Å². The fourth-order valence-electron chi connectivity index (χ4n) is 10.9. The highest BCUT2D eigenvalue weighted by Crippen LogP contribution is 2.51. The maximum atomic E-state index is 2.56. The molecule has 0 N–H and O–H groups in total. The van der Waals surface area contributed by atoms with E-state index in [-0.39, 0.29) is 33.8 Å². The van der Waals surface area contributed by atoms with E-state index in [0.29, 0.717) is 0 Å². The van der Waals surface area contributed by atoms with Gasteiger partial charge in [0.25, 0.3) is 6.71 Å². The van der Waals surface area contributed by atoms with Crippen molar-refractivity contribution in [3.8, 4) is 22.3 Å². The molecule has 0 atom stereocenters. The van der Waals surface area contributed by atoms with Crippen molar-refractivity contribution in [3.63, 3.8) is 0 Å². The van der Waals surface area contributed by atoms with Crippen LogP contribution in [0.3, 0.4) is 0 Å². The van der Waals surface area contributed by atoms with E-state index < -0.39 is 0 Å². The van der Waals surface area contributed by atoms with Crippen LogP contribution in [0, 0.1) is 6.92 Å². The fourth-order valence-corrected chi connectivity index (χ4v) is 10.9. The van der Waals surface area contributed by atoms with Crippen LogP contribution in [0.5, 0.6) is 0 Å². The summed E-state index contributed by atoms with van der Waals surface area (Å²) < 4.78 is 0. The van der Waals surface area contributed by atoms with Gasteiger partial charge in [0.1, 0.15) is 0 Å². The quantitative estimate of drug-likeness (QED) is 0.163. The second-order valence-electron chi connectivity index (χ2n) is 24.1. The average Bonchev–Trinajstić information content (AvgIpc) is 3.46. The lowest BCUT2D eigenvalue weighted by Gasteiger charge is -2.45. The molecule has 0 saturated heterocycles. The van der Waals surface area contributed by atoms with E-state index in [0.717, 1.165) is 0 Å². The second-order valence-corrected chi connectivity index (χ2v) is 24.1. The summed E-state index contributed by atoms with van der Waals surface area (Å²) >= 11 is 0. The molecule has 65 heavy (non-hydrogen) atoms. The Morgan fingerprint density at radius 3 is 1.25 bits per heavy atom. The molecule has 328 valence electrons. The van der Waals surface area contributed by atoms with Gasteiger partial charge in [-0.1, -0.05) is 176 Å². The third-order valence-electron chi connectivity index (χ3n) is 14.9. The summed E-state index contributed by atoms with van der Waals surface area (Å²) in [5.74, 6) is 0. The highest BCUT2D eigenvalue weighted by atomic mass is 15.2. The highest BCUT2D eigenvalue weighted by molar-refractivity contribution is 7.00. The van der Waals surface area contributed by atoms with Crippen molar-refractivity contribution >= 4 is 57.2 Å². The van der Waals surface area contributed by atoms with Crippen molar-refractivity contribution < 1.29 is 0 Å². The molecule has 0 amide bonds. The van der Waals surface area contributed by atoms with Crippen LogP contribution in [0.1, 0.15) is 136 Å². The molecule has 7 aromatic rings. The second kappa shape index (κ2) is 14.4. The van der Waals surface area contributed by atoms with E-state index in [2.05, 4.69) is 247 Å². The van der Waals surface area contributed by atoms with Crippen LogP contribution in [0.15, 0.2) is 133 Å². The number of rotatable bonds is 3. The summed E-state index contributed by atoms with van der Waals surface area (Å²) in [5, 5.41) is 0. The molecule has 0 aromatic heterocycles. The van der Waals surface area contributed by atoms with Gasteiger partial charge in [0.15, 0.2) is 0 Å². The van der Waals surface area contributed by atoms with Crippen LogP contribution < -0.4 is 26.2 Å². The van der Waals surface area contributed by atoms with Crippen molar-refractivity contribution in [1.29, 1.82) is 0 Å². The fraction of sp³-hybridized carbons (Fsp3) is 0.323. The zero-order valence-corrected chi connectivity index (χ0v) is 41.7. The molecular weight excluding hydrogens is 784 g/mol. The largest absolute Gasteiger partial charge is 0.311 e. The monoisotopic (exact) mass is 851 g/mol. The van der Waals surface area contributed by atoms with Crippen LogP contribution in [-0.2, 0) is 27.1 Å². The van der Waals surface area contributed by atoms with Crippen LogP contribution in [0.4, 0.5) is 34.1 Å². The first-order valence-corrected chi connectivity index (χ1v) is 24.0. The van der Waals surface area contributed by atoms with Gasteiger partial charge in [0.2, 0.25) is 0 Å². The van der Waals surface area contributed by atoms with Gasteiger partial charge in [0.05, 0.1) is 0 Å². The van der Waals surface area contributed by atoms with Gasteiger partial charge in [-0.05, 0) is 161 Å². The smallest absolute Gasteiger partial charge is 0.252 e. The molecule has 10 rings (SSSR count). The van der Waals surface area contributed by atoms with Gasteiger partial charge >= 0.3 is 0 Å². The van der Waals surface area contributed by atoms with E-state index in [1.165, 1.54) is 112 Å². The van der Waals surface area contributed by atoms with Crippen LogP contribution in [0.25, 0.3) is 22.3 Å². The Morgan fingerprint density at radius 2 is 0.769 bits per heavy atom. The summed E-state index contributed by atoms with van der Waals surface area (Å²) in [5.41, 5.74) is 26.3. The Morgan fingerprint density at radius 1 is 0.385 bits per heavy atom. The molecule has 2 nitrogen and oxygen atoms in total. The van der Waals surface area contributed by atoms with Crippen LogP contribution in [-0.4, -0.2) is 6.71 Å². The van der Waals surface area contributed by atoms with Gasteiger partial charge in [-0.25, -0.2) is 0 Å². The SMILES string of the molecule is Cc1cc2c3c(c1)N(c1ccc(C(C)(C)C)cc1)c1ccc(C(C)(C)C)cc1B3c1cc(C(C)(C)C)ccc1N2c1ccc(-c2ccc3c(c2)C(C)(C)c2cc(C(C)(C)C)ccc2-3)cc1. The summed E-state index contributed by atoms with van der Waals surface area (Å²) in [6, 6.07) is 52.5. The third kappa shape index (κ3) is 6.99. The first-order chi connectivity index (χ1) is 30.4. The maximum Gasteiger partial charge on any atom is 0.252 e. The van der Waals surface area contributed by atoms with Crippen molar-refractivity contribution in [3.05, 3.63) is 172 Å². The number of benzene rings is 7. The minimum atomic E-state index is -0.0825. The van der Waals surface area contributed by atoms with E-state index >= 15 is 0 Å². The molecule has 0 radical (unpaired) electrons. The minimum absolute atomic E-state index is 0.00249. The molecule has 2 heterocycles. The normalized spacial score (nSPS) is 15.0. The van der Waals surface area contributed by atoms with Gasteiger partial charge in [-0.2, -0.15) is 0 Å². The molecule has 0 fully saturated rings. The standard InChI is InChI=1S/C62H67BN2/c1-38-32-55-57-56(33-38)65(46-26-19-41(20-27-46)58(2,3)4)54-31-23-44(61(11,12)13)37-52(54)63(57)51-36-43(60(8,9)10)22-30-53(51)64(55)45-24-16-39(17-25-45)40-18-28-47-48-29-21-42(59(5,6)7)35-50(48)62(14,15)49(47)34-40/h16-37H,1-15H3. The first kappa shape index (κ1) is 43.1. The Labute approximate surface area is 390 Å². The van der Waals surface area contributed by atoms with E-state index in [9.17, 15) is 0 Å². The molecule has 0 unspecified atom stereocenters. The Hall–Kier alpha value is -5.80. The van der Waals surface area contributed by atoms with E-state index in [4.69, 9.17) is 0 Å². The molecule has 3 heteroatoms. The zero-order chi connectivity index (χ0) is 46.3. The topological polar surface area (TPSA) is 6.48 Å². The maximum absolute atomic E-state index is 2.56. The molecule has 2 aliphatic heterocycles. The Bertz CT molecular complexity index is 3050. The van der Waals surface area contributed by atoms with Crippen molar-refractivity contribution in [2.75, 3.05) is 9.80 Å². The average molecular weight is 851 g/mol. The predicted octanol–water partition coefficient (Wildman–Crippen LogP) is 15.2. The lowest BCUT2D eigenvalue weighted by atomic mass is 9.33. The summed E-state index contributed by atoms with van der Waals surface area (Å²) in [4.78, 5) is 5.11. The molecule has 7 aromatic carbocycles. The number of hydrogen-bond donors (Lipinski definition) is 0. The summed E-state index contributed by atoms with van der Waals surface area (Å²) in [6.45, 7) is 35.0. The number of aryl methyl sites for hydroxylation is 1. The Kier molecular flexibility index (Phi) is 9.52. The predicted molar refractivity (Wildman–Crippen MR) is 283 cm³/mol. The zero-order valence-electron chi connectivity index (χ0n) is 41.7.